The molecule has 9 heteroatoms. The van der Waals surface area contributed by atoms with Crippen LogP contribution in [0.4, 0.5) is 17.6 Å². The Bertz CT molecular complexity index is 978. The lowest BCUT2D eigenvalue weighted by atomic mass is 9.90. The van der Waals surface area contributed by atoms with Crippen LogP contribution in [0.15, 0.2) is 29.1 Å². The van der Waals surface area contributed by atoms with Crippen LogP contribution in [-0.4, -0.2) is 15.5 Å². The number of benzene rings is 1. The molecule has 144 valence electrons. The normalized spacial score (nSPS) is 16.8. The quantitative estimate of drug-likeness (QED) is 0.824. The highest BCUT2D eigenvalue weighted by Crippen LogP contribution is 2.56. The van der Waals surface area contributed by atoms with Crippen LogP contribution < -0.4 is 11.3 Å². The minimum absolute atomic E-state index is 0.176. The number of nitrogens with two attached hydrogens (primary N) is 1. The monoisotopic (exact) mass is 383 g/mol. The van der Waals surface area contributed by atoms with Gasteiger partial charge in [-0.15, -0.1) is 0 Å². The van der Waals surface area contributed by atoms with Gasteiger partial charge in [0, 0.05) is 6.07 Å². The number of hydrogen-bond acceptors (Lipinski definition) is 3. The number of aryl methyl sites for hydroxylation is 1. The Morgan fingerprint density at radius 3 is 2.37 bits per heavy atom. The molecule has 0 unspecified atom stereocenters. The van der Waals surface area contributed by atoms with Gasteiger partial charge in [0.2, 0.25) is 0 Å². The molecule has 1 aliphatic carbocycles. The fourth-order valence-corrected chi connectivity index (χ4v) is 3.31. The lowest BCUT2D eigenvalue weighted by Gasteiger charge is -2.28. The van der Waals surface area contributed by atoms with Crippen LogP contribution >= 0.6 is 0 Å². The van der Waals surface area contributed by atoms with E-state index in [1.165, 1.54) is 17.6 Å². The van der Waals surface area contributed by atoms with Crippen molar-refractivity contribution >= 4 is 5.91 Å². The SMILES string of the molecule is Cc1nc(C(N)=O)cc(=O)n1[C@@H](c1ccc(C(F)(F)F)c(F)c1)C1(C)CC1. The number of carbonyl (C=O) groups excluding carboxylic acids is 1. The zero-order chi connectivity index (χ0) is 20.1. The molecule has 1 fully saturated rings. The van der Waals surface area contributed by atoms with E-state index in [1.807, 2.05) is 6.92 Å². The summed E-state index contributed by atoms with van der Waals surface area (Å²) in [5.74, 6) is -2.09. The van der Waals surface area contributed by atoms with Gasteiger partial charge in [0.05, 0.1) is 11.6 Å². The Morgan fingerprint density at radius 2 is 1.93 bits per heavy atom. The third-order valence-corrected chi connectivity index (χ3v) is 4.95. The van der Waals surface area contributed by atoms with E-state index in [9.17, 15) is 27.2 Å². The Kier molecular flexibility index (Phi) is 4.36. The van der Waals surface area contributed by atoms with Crippen molar-refractivity contribution in [3.05, 3.63) is 63.1 Å². The van der Waals surface area contributed by atoms with Crippen molar-refractivity contribution in [3.8, 4) is 0 Å². The largest absolute Gasteiger partial charge is 0.419 e. The number of rotatable bonds is 4. The smallest absolute Gasteiger partial charge is 0.364 e. The van der Waals surface area contributed by atoms with Crippen molar-refractivity contribution < 1.29 is 22.4 Å². The standard InChI is InChI=1S/C18H17F4N3O2/c1-9-24-13(16(23)27)8-14(26)25(9)15(17(2)5-6-17)10-3-4-11(12(19)7-10)18(20,21)22/h3-4,7-8,15H,5-6H2,1-2H3,(H2,23,27)/t15-/m0/s1. The van der Waals surface area contributed by atoms with Gasteiger partial charge >= 0.3 is 6.18 Å². The van der Waals surface area contributed by atoms with Crippen LogP contribution in [0.2, 0.25) is 0 Å². The van der Waals surface area contributed by atoms with Crippen molar-refractivity contribution in [2.24, 2.45) is 11.1 Å². The molecule has 1 aliphatic rings. The summed E-state index contributed by atoms with van der Waals surface area (Å²) in [6.45, 7) is 3.36. The number of aromatic nitrogens is 2. The molecule has 1 amide bonds. The topological polar surface area (TPSA) is 78.0 Å². The summed E-state index contributed by atoms with van der Waals surface area (Å²) >= 11 is 0. The number of alkyl halides is 3. The maximum absolute atomic E-state index is 14.1. The highest BCUT2D eigenvalue weighted by atomic mass is 19.4. The number of nitrogens with zero attached hydrogens (tertiary/aromatic N) is 2. The van der Waals surface area contributed by atoms with Crippen LogP contribution in [0, 0.1) is 18.2 Å². The molecule has 2 aromatic rings. The lowest BCUT2D eigenvalue weighted by molar-refractivity contribution is -0.140. The Labute approximate surface area is 151 Å². The summed E-state index contributed by atoms with van der Waals surface area (Å²) in [6.07, 6.45) is -3.38. The second-order valence-corrected chi connectivity index (χ2v) is 7.05. The zero-order valence-electron chi connectivity index (χ0n) is 14.6. The first-order chi connectivity index (χ1) is 12.4. The molecule has 0 bridgehead atoms. The fourth-order valence-electron chi connectivity index (χ4n) is 3.31. The number of carbonyl (C=O) groups is 1. The molecular formula is C18H17F4N3O2. The maximum Gasteiger partial charge on any atom is 0.419 e. The molecule has 1 aromatic heterocycles. The van der Waals surface area contributed by atoms with E-state index >= 15 is 0 Å². The predicted molar refractivity (Wildman–Crippen MR) is 88.6 cm³/mol. The highest BCUT2D eigenvalue weighted by Gasteiger charge is 2.48. The number of hydrogen-bond donors (Lipinski definition) is 1. The zero-order valence-corrected chi connectivity index (χ0v) is 14.6. The van der Waals surface area contributed by atoms with E-state index in [0.29, 0.717) is 18.9 Å². The third kappa shape index (κ3) is 3.45. The molecule has 27 heavy (non-hydrogen) atoms. The molecule has 3 rings (SSSR count). The van der Waals surface area contributed by atoms with Gasteiger partial charge in [-0.2, -0.15) is 13.2 Å². The summed E-state index contributed by atoms with van der Waals surface area (Å²) in [5.41, 5.74) is 2.82. The Hall–Kier alpha value is -2.71. The first-order valence-corrected chi connectivity index (χ1v) is 8.21. The summed E-state index contributed by atoms with van der Waals surface area (Å²) in [7, 11) is 0. The molecule has 0 spiro atoms. The molecule has 0 radical (unpaired) electrons. The third-order valence-electron chi connectivity index (χ3n) is 4.95. The van der Waals surface area contributed by atoms with Crippen molar-refractivity contribution in [3.63, 3.8) is 0 Å². The number of amides is 1. The van der Waals surface area contributed by atoms with Gasteiger partial charge in [-0.1, -0.05) is 13.0 Å². The van der Waals surface area contributed by atoms with Crippen LogP contribution in [-0.2, 0) is 6.18 Å². The van der Waals surface area contributed by atoms with E-state index in [0.717, 1.165) is 12.1 Å². The average Bonchev–Trinajstić information content (AvgIpc) is 3.27. The van der Waals surface area contributed by atoms with Crippen LogP contribution in [0.5, 0.6) is 0 Å². The van der Waals surface area contributed by atoms with E-state index in [4.69, 9.17) is 5.73 Å². The van der Waals surface area contributed by atoms with E-state index in [2.05, 4.69) is 4.98 Å². The number of primary amides is 1. The van der Waals surface area contributed by atoms with Gasteiger partial charge in [-0.25, -0.2) is 9.37 Å². The second kappa shape index (κ2) is 6.17. The molecule has 0 aliphatic heterocycles. The highest BCUT2D eigenvalue weighted by molar-refractivity contribution is 5.90. The predicted octanol–water partition coefficient (Wildman–Crippen LogP) is 3.20. The molecule has 1 atom stereocenters. The van der Waals surface area contributed by atoms with Gasteiger partial charge < -0.3 is 5.73 Å². The first kappa shape index (κ1) is 19.1. The molecular weight excluding hydrogens is 366 g/mol. The van der Waals surface area contributed by atoms with Crippen LogP contribution in [0.1, 0.15) is 53.2 Å². The Balaban J connectivity index is 2.17. The molecule has 5 nitrogen and oxygen atoms in total. The van der Waals surface area contributed by atoms with Crippen molar-refractivity contribution in [1.82, 2.24) is 9.55 Å². The minimum Gasteiger partial charge on any atom is -0.364 e. The summed E-state index contributed by atoms with van der Waals surface area (Å²) in [4.78, 5) is 27.9. The van der Waals surface area contributed by atoms with Crippen molar-refractivity contribution in [2.45, 2.75) is 38.9 Å². The lowest BCUT2D eigenvalue weighted by Crippen LogP contribution is -2.34. The minimum atomic E-state index is -4.81. The summed E-state index contributed by atoms with van der Waals surface area (Å²) in [5, 5.41) is 0. The average molecular weight is 383 g/mol. The summed E-state index contributed by atoms with van der Waals surface area (Å²) < 4.78 is 53.9. The molecule has 1 aromatic carbocycles. The van der Waals surface area contributed by atoms with Gasteiger partial charge in [-0.3, -0.25) is 14.2 Å². The molecule has 0 saturated heterocycles. The van der Waals surface area contributed by atoms with E-state index in [-0.39, 0.29) is 17.1 Å². The molecule has 1 saturated carbocycles. The van der Waals surface area contributed by atoms with Gasteiger partial charge in [0.25, 0.3) is 11.5 Å². The summed E-state index contributed by atoms with van der Waals surface area (Å²) in [6, 6.07) is 2.93. The van der Waals surface area contributed by atoms with Crippen LogP contribution in [0.25, 0.3) is 0 Å². The van der Waals surface area contributed by atoms with E-state index in [1.54, 1.807) is 0 Å². The maximum atomic E-state index is 14.1. The van der Waals surface area contributed by atoms with Gasteiger partial charge in [0.15, 0.2) is 0 Å². The first-order valence-electron chi connectivity index (χ1n) is 8.21. The van der Waals surface area contributed by atoms with E-state index < -0.39 is 40.5 Å². The van der Waals surface area contributed by atoms with Crippen LogP contribution in [0.3, 0.4) is 0 Å². The number of halogens is 4. The van der Waals surface area contributed by atoms with Crippen molar-refractivity contribution in [1.29, 1.82) is 0 Å². The second-order valence-electron chi connectivity index (χ2n) is 7.05. The van der Waals surface area contributed by atoms with Crippen molar-refractivity contribution in [2.75, 3.05) is 0 Å². The van der Waals surface area contributed by atoms with Gasteiger partial charge in [0.1, 0.15) is 17.3 Å². The fraction of sp³-hybridized carbons (Fsp3) is 0.389. The Morgan fingerprint density at radius 1 is 1.30 bits per heavy atom. The molecule has 1 heterocycles. The van der Waals surface area contributed by atoms with Gasteiger partial charge in [-0.05, 0) is 42.9 Å². The molecule has 2 N–H and O–H groups in total.